The Labute approximate surface area is 395 Å². The summed E-state index contributed by atoms with van der Waals surface area (Å²) >= 11 is 0. The van der Waals surface area contributed by atoms with Crippen LogP contribution in [0, 0.1) is 0 Å². The molecule has 0 bridgehead atoms. The van der Waals surface area contributed by atoms with Gasteiger partial charge in [-0.15, -0.1) is 0 Å². The van der Waals surface area contributed by atoms with Gasteiger partial charge in [0, 0.05) is 25.7 Å². The molecule has 0 saturated heterocycles. The third-order valence-corrected chi connectivity index (χ3v) is 10.2. The molecule has 378 valence electrons. The number of rotatable bonds is 49. The van der Waals surface area contributed by atoms with E-state index in [0.717, 1.165) is 13.0 Å². The number of nitrogens with one attached hydrogen (secondary N) is 1. The van der Waals surface area contributed by atoms with Crippen LogP contribution in [0.5, 0.6) is 0 Å². The molecule has 0 spiro atoms. The standard InChI is InChI=1S/C50H83NO15/c1-2-3-4-5-6-11-18-53-20-22-55-24-26-57-28-30-59-32-34-61-36-38-63-40-42-65-43-41-64-39-37-62-35-33-60-31-29-58-27-25-56-23-21-54-19-12-17-51-50(52)66-44-49-47-15-9-7-13-45(47)46-14-8-10-16-48(46)49/h7-10,13-16,49H,2-6,11-12,17-44H2,1H3,(H,51,52). The highest BCUT2D eigenvalue weighted by atomic mass is 16.6. The number of carbonyl (C=O) groups excluding carboxylic acids is 1. The SMILES string of the molecule is CCCCCCCCOCCOCCOCCOCCOCCOCCOCCOCCOCCOCCOCCOCCOCCCNC(=O)OCC1c2ccccc2-c2ccccc21. The molecule has 2 aromatic rings. The third kappa shape index (κ3) is 30.5. The zero-order valence-corrected chi connectivity index (χ0v) is 40.1. The van der Waals surface area contributed by atoms with Gasteiger partial charge in [-0.2, -0.15) is 0 Å². The van der Waals surface area contributed by atoms with Crippen LogP contribution in [0.4, 0.5) is 4.79 Å². The maximum absolute atomic E-state index is 12.3. The summed E-state index contributed by atoms with van der Waals surface area (Å²) in [5.41, 5.74) is 4.81. The van der Waals surface area contributed by atoms with E-state index in [-0.39, 0.29) is 5.92 Å². The number of fused-ring (bicyclic) bond motifs is 3. The molecule has 1 amide bonds. The average Bonchev–Trinajstić information content (AvgIpc) is 3.66. The molecular weight excluding hydrogens is 855 g/mol. The van der Waals surface area contributed by atoms with E-state index in [4.69, 9.17) is 66.3 Å². The van der Waals surface area contributed by atoms with Gasteiger partial charge >= 0.3 is 6.09 Å². The fourth-order valence-corrected chi connectivity index (χ4v) is 6.74. The highest BCUT2D eigenvalue weighted by Crippen LogP contribution is 2.44. The highest BCUT2D eigenvalue weighted by Gasteiger charge is 2.29. The van der Waals surface area contributed by atoms with Crippen molar-refractivity contribution in [2.24, 2.45) is 0 Å². The quantitative estimate of drug-likeness (QED) is 0.0718. The lowest BCUT2D eigenvalue weighted by molar-refractivity contribution is -0.0290. The maximum Gasteiger partial charge on any atom is 0.407 e. The first-order chi connectivity index (χ1) is 32.8. The molecule has 0 unspecified atom stereocenters. The molecule has 1 N–H and O–H groups in total. The van der Waals surface area contributed by atoms with Gasteiger partial charge in [0.15, 0.2) is 0 Å². The maximum atomic E-state index is 12.3. The molecule has 66 heavy (non-hydrogen) atoms. The summed E-state index contributed by atoms with van der Waals surface area (Å²) in [7, 11) is 0. The Bertz CT molecular complexity index is 1350. The fraction of sp³-hybridized carbons (Fsp3) is 0.740. The summed E-state index contributed by atoms with van der Waals surface area (Å²) in [5, 5.41) is 2.81. The lowest BCUT2D eigenvalue weighted by atomic mass is 9.98. The van der Waals surface area contributed by atoms with Crippen molar-refractivity contribution in [2.75, 3.05) is 185 Å². The first kappa shape index (κ1) is 57.5. The van der Waals surface area contributed by atoms with Gasteiger partial charge in [-0.3, -0.25) is 0 Å². The summed E-state index contributed by atoms with van der Waals surface area (Å²) in [6.07, 6.45) is 7.92. The first-order valence-electron chi connectivity index (χ1n) is 24.4. The lowest BCUT2D eigenvalue weighted by Crippen LogP contribution is -2.27. The van der Waals surface area contributed by atoms with Crippen molar-refractivity contribution in [3.63, 3.8) is 0 Å². The Morgan fingerprint density at radius 2 is 0.667 bits per heavy atom. The van der Waals surface area contributed by atoms with Crippen LogP contribution in [-0.4, -0.2) is 191 Å². The Hall–Kier alpha value is -2.81. The smallest absolute Gasteiger partial charge is 0.407 e. The van der Waals surface area contributed by atoms with Crippen LogP contribution in [0.15, 0.2) is 48.5 Å². The molecule has 0 aromatic heterocycles. The number of amides is 1. The van der Waals surface area contributed by atoms with Gasteiger partial charge in [0.1, 0.15) is 6.61 Å². The zero-order valence-electron chi connectivity index (χ0n) is 40.1. The van der Waals surface area contributed by atoms with E-state index in [1.807, 2.05) is 24.3 Å². The average molecular weight is 938 g/mol. The molecule has 3 rings (SSSR count). The van der Waals surface area contributed by atoms with E-state index in [0.29, 0.717) is 185 Å². The van der Waals surface area contributed by atoms with Gasteiger partial charge in [-0.05, 0) is 35.1 Å². The minimum atomic E-state index is -0.416. The second-order valence-electron chi connectivity index (χ2n) is 15.3. The Balaban J connectivity index is 0.898. The monoisotopic (exact) mass is 938 g/mol. The van der Waals surface area contributed by atoms with E-state index in [1.165, 1.54) is 54.4 Å². The van der Waals surface area contributed by atoms with Crippen LogP contribution >= 0.6 is 0 Å². The van der Waals surface area contributed by atoms with Crippen molar-refractivity contribution < 1.29 is 71.1 Å². The Morgan fingerprint density at radius 3 is 1.02 bits per heavy atom. The van der Waals surface area contributed by atoms with Crippen molar-refractivity contribution in [2.45, 2.75) is 57.8 Å². The normalized spacial score (nSPS) is 12.2. The minimum Gasteiger partial charge on any atom is -0.449 e. The predicted octanol–water partition coefficient (Wildman–Crippen LogP) is 6.49. The number of unbranched alkanes of at least 4 members (excludes halogenated alkanes) is 5. The van der Waals surface area contributed by atoms with Crippen LogP contribution < -0.4 is 5.32 Å². The topological polar surface area (TPSA) is 158 Å². The lowest BCUT2D eigenvalue weighted by Gasteiger charge is -2.14. The molecule has 0 heterocycles. The molecule has 2 aromatic carbocycles. The van der Waals surface area contributed by atoms with Crippen molar-refractivity contribution in [1.82, 2.24) is 5.32 Å². The van der Waals surface area contributed by atoms with Gasteiger partial charge in [0.05, 0.1) is 159 Å². The molecule has 16 heteroatoms. The molecule has 0 saturated carbocycles. The Kier molecular flexibility index (Phi) is 37.9. The first-order valence-corrected chi connectivity index (χ1v) is 24.4. The fourth-order valence-electron chi connectivity index (χ4n) is 6.74. The molecule has 0 fully saturated rings. The number of benzene rings is 2. The number of hydrogen-bond acceptors (Lipinski definition) is 15. The number of hydrogen-bond donors (Lipinski definition) is 1. The van der Waals surface area contributed by atoms with Crippen molar-refractivity contribution in [3.8, 4) is 11.1 Å². The summed E-state index contributed by atoms with van der Waals surface area (Å²) in [5.74, 6) is 0.0472. The van der Waals surface area contributed by atoms with Crippen molar-refractivity contribution in [1.29, 1.82) is 0 Å². The molecule has 1 aliphatic carbocycles. The summed E-state index contributed by atoms with van der Waals surface area (Å²) < 4.78 is 77.5. The molecular formula is C50H83NO15. The highest BCUT2D eigenvalue weighted by molar-refractivity contribution is 5.79. The van der Waals surface area contributed by atoms with Gasteiger partial charge in [-0.1, -0.05) is 87.6 Å². The predicted molar refractivity (Wildman–Crippen MR) is 252 cm³/mol. The largest absolute Gasteiger partial charge is 0.449 e. The van der Waals surface area contributed by atoms with Gasteiger partial charge in [0.25, 0.3) is 0 Å². The van der Waals surface area contributed by atoms with Crippen LogP contribution in [-0.2, 0) is 66.3 Å². The van der Waals surface area contributed by atoms with Gasteiger partial charge in [-0.25, -0.2) is 4.79 Å². The molecule has 0 aliphatic heterocycles. The van der Waals surface area contributed by atoms with Crippen LogP contribution in [0.1, 0.15) is 68.9 Å². The zero-order chi connectivity index (χ0) is 46.5. The van der Waals surface area contributed by atoms with Crippen molar-refractivity contribution >= 4 is 6.09 Å². The van der Waals surface area contributed by atoms with Crippen LogP contribution in [0.3, 0.4) is 0 Å². The summed E-state index contributed by atoms with van der Waals surface area (Å²) in [4.78, 5) is 12.3. The van der Waals surface area contributed by atoms with E-state index in [2.05, 4.69) is 36.5 Å². The van der Waals surface area contributed by atoms with Gasteiger partial charge < -0.3 is 71.6 Å². The van der Waals surface area contributed by atoms with E-state index >= 15 is 0 Å². The summed E-state index contributed by atoms with van der Waals surface area (Å²) in [6.45, 7) is 16.7. The molecule has 1 aliphatic rings. The molecule has 16 nitrogen and oxygen atoms in total. The van der Waals surface area contributed by atoms with E-state index < -0.39 is 6.09 Å². The third-order valence-electron chi connectivity index (χ3n) is 10.2. The molecule has 0 atom stereocenters. The second kappa shape index (κ2) is 43.5. The van der Waals surface area contributed by atoms with E-state index in [1.54, 1.807) is 0 Å². The second-order valence-corrected chi connectivity index (χ2v) is 15.3. The number of carbonyl (C=O) groups is 1. The summed E-state index contributed by atoms with van der Waals surface area (Å²) in [6, 6.07) is 16.6. The van der Waals surface area contributed by atoms with Crippen LogP contribution in [0.25, 0.3) is 11.1 Å². The Morgan fingerprint density at radius 1 is 0.379 bits per heavy atom. The number of alkyl carbamates (subject to hydrolysis) is 1. The van der Waals surface area contributed by atoms with Crippen molar-refractivity contribution in [3.05, 3.63) is 59.7 Å². The van der Waals surface area contributed by atoms with Crippen LogP contribution in [0.2, 0.25) is 0 Å². The minimum absolute atomic E-state index is 0.0472. The molecule has 0 radical (unpaired) electrons. The van der Waals surface area contributed by atoms with E-state index in [9.17, 15) is 4.79 Å². The number of ether oxygens (including phenoxy) is 14. The van der Waals surface area contributed by atoms with Gasteiger partial charge in [0.2, 0.25) is 0 Å².